The van der Waals surface area contributed by atoms with Crippen molar-refractivity contribution in [2.24, 2.45) is 5.92 Å². The molecule has 0 bridgehead atoms. The second-order valence-corrected chi connectivity index (χ2v) is 7.67. The summed E-state index contributed by atoms with van der Waals surface area (Å²) in [5.41, 5.74) is 0.481. The Kier molecular flexibility index (Phi) is 15.9. The average Bonchev–Trinajstić information content (AvgIpc) is 2.64. The maximum atomic E-state index is 11.7. The minimum absolute atomic E-state index is 0.141. The fourth-order valence-corrected chi connectivity index (χ4v) is 2.60. The lowest BCUT2D eigenvalue weighted by molar-refractivity contribution is -0.150. The van der Waals surface area contributed by atoms with Crippen molar-refractivity contribution in [3.8, 4) is 0 Å². The first-order chi connectivity index (χ1) is 12.9. The van der Waals surface area contributed by atoms with Crippen molar-refractivity contribution in [2.75, 3.05) is 13.2 Å². The van der Waals surface area contributed by atoms with Crippen LogP contribution in [0, 0.1) is 5.92 Å². The van der Waals surface area contributed by atoms with Crippen molar-refractivity contribution in [3.63, 3.8) is 0 Å². The molecular weight excluding hydrogens is 344 g/mol. The van der Waals surface area contributed by atoms with Gasteiger partial charge in [-0.3, -0.25) is 4.79 Å². The summed E-state index contributed by atoms with van der Waals surface area (Å²) < 4.78 is 9.93. The summed E-state index contributed by atoms with van der Waals surface area (Å²) in [4.78, 5) is 23.1. The van der Waals surface area contributed by atoms with Crippen LogP contribution in [0.4, 0.5) is 0 Å². The maximum absolute atomic E-state index is 11.7. The molecule has 5 nitrogen and oxygen atoms in total. The van der Waals surface area contributed by atoms with E-state index in [4.69, 9.17) is 9.47 Å². The molecular formula is C22H40O5. The van der Waals surface area contributed by atoms with Gasteiger partial charge in [0.05, 0.1) is 0 Å². The van der Waals surface area contributed by atoms with Crippen LogP contribution in [-0.4, -0.2) is 36.4 Å². The fraction of sp³-hybridized carbons (Fsp3) is 0.818. The van der Waals surface area contributed by atoms with Crippen LogP contribution in [0.1, 0.15) is 91.9 Å². The van der Waals surface area contributed by atoms with Gasteiger partial charge in [-0.25, -0.2) is 4.79 Å². The Morgan fingerprint density at radius 3 is 1.96 bits per heavy atom. The third-order valence-corrected chi connectivity index (χ3v) is 4.51. The van der Waals surface area contributed by atoms with E-state index in [2.05, 4.69) is 13.8 Å². The van der Waals surface area contributed by atoms with Gasteiger partial charge < -0.3 is 14.6 Å². The van der Waals surface area contributed by atoms with E-state index in [-0.39, 0.29) is 19.2 Å². The summed E-state index contributed by atoms with van der Waals surface area (Å²) in [6.45, 7) is 7.61. The Hall–Kier alpha value is -1.36. The zero-order valence-corrected chi connectivity index (χ0v) is 17.8. The number of rotatable bonds is 16. The van der Waals surface area contributed by atoms with Gasteiger partial charge in [0, 0.05) is 12.0 Å². The van der Waals surface area contributed by atoms with Crippen molar-refractivity contribution in [1.82, 2.24) is 0 Å². The SMILES string of the molecule is C/C=C(\C)C(=O)OCC(O)COC(=O)CCCCCCCCCCC(C)C. The zero-order chi connectivity index (χ0) is 20.5. The summed E-state index contributed by atoms with van der Waals surface area (Å²) in [6.07, 6.45) is 11.8. The number of hydrogen-bond donors (Lipinski definition) is 1. The second kappa shape index (κ2) is 16.8. The molecule has 0 saturated heterocycles. The number of ether oxygens (including phenoxy) is 2. The molecule has 0 aliphatic heterocycles. The molecule has 0 aliphatic carbocycles. The predicted octanol–water partition coefficient (Wildman–Crippen LogP) is 4.96. The third-order valence-electron chi connectivity index (χ3n) is 4.51. The van der Waals surface area contributed by atoms with Crippen LogP contribution in [-0.2, 0) is 19.1 Å². The first kappa shape index (κ1) is 25.6. The fourth-order valence-electron chi connectivity index (χ4n) is 2.60. The Morgan fingerprint density at radius 2 is 1.41 bits per heavy atom. The number of hydrogen-bond acceptors (Lipinski definition) is 5. The lowest BCUT2D eigenvalue weighted by Crippen LogP contribution is -2.25. The Balaban J connectivity index is 3.49. The molecule has 0 aromatic carbocycles. The molecule has 0 rings (SSSR count). The number of carbonyl (C=O) groups is 2. The highest BCUT2D eigenvalue weighted by Crippen LogP contribution is 2.13. The predicted molar refractivity (Wildman–Crippen MR) is 108 cm³/mol. The topological polar surface area (TPSA) is 72.8 Å². The smallest absolute Gasteiger partial charge is 0.333 e. The first-order valence-electron chi connectivity index (χ1n) is 10.5. The molecule has 27 heavy (non-hydrogen) atoms. The normalized spacial score (nSPS) is 12.9. The summed E-state index contributed by atoms with van der Waals surface area (Å²) in [6, 6.07) is 0. The van der Waals surface area contributed by atoms with E-state index in [1.54, 1.807) is 19.9 Å². The molecule has 158 valence electrons. The van der Waals surface area contributed by atoms with Crippen molar-refractivity contribution in [3.05, 3.63) is 11.6 Å². The molecule has 0 fully saturated rings. The quantitative estimate of drug-likeness (QED) is 0.231. The van der Waals surface area contributed by atoms with Crippen LogP contribution in [0.25, 0.3) is 0 Å². The Bertz CT molecular complexity index is 428. The maximum Gasteiger partial charge on any atom is 0.333 e. The van der Waals surface area contributed by atoms with Crippen molar-refractivity contribution < 1.29 is 24.2 Å². The molecule has 1 unspecified atom stereocenters. The monoisotopic (exact) mass is 384 g/mol. The molecule has 0 radical (unpaired) electrons. The van der Waals surface area contributed by atoms with Gasteiger partial charge in [-0.2, -0.15) is 0 Å². The van der Waals surface area contributed by atoms with E-state index < -0.39 is 12.1 Å². The first-order valence-corrected chi connectivity index (χ1v) is 10.5. The largest absolute Gasteiger partial charge is 0.463 e. The van der Waals surface area contributed by atoms with Gasteiger partial charge in [-0.1, -0.05) is 71.3 Å². The number of unbranched alkanes of at least 4 members (excludes halogenated alkanes) is 7. The van der Waals surface area contributed by atoms with Crippen LogP contribution in [0.15, 0.2) is 11.6 Å². The van der Waals surface area contributed by atoms with E-state index in [1.807, 2.05) is 0 Å². The van der Waals surface area contributed by atoms with E-state index >= 15 is 0 Å². The highest BCUT2D eigenvalue weighted by molar-refractivity contribution is 5.87. The van der Waals surface area contributed by atoms with Gasteiger partial charge in [0.15, 0.2) is 0 Å². The summed E-state index contributed by atoms with van der Waals surface area (Å²) in [7, 11) is 0. The van der Waals surface area contributed by atoms with Gasteiger partial charge in [0.2, 0.25) is 0 Å². The molecule has 0 aromatic rings. The van der Waals surface area contributed by atoms with Crippen LogP contribution in [0.5, 0.6) is 0 Å². The molecule has 0 heterocycles. The van der Waals surface area contributed by atoms with Gasteiger partial charge in [-0.15, -0.1) is 0 Å². The zero-order valence-electron chi connectivity index (χ0n) is 17.8. The van der Waals surface area contributed by atoms with Gasteiger partial charge in [-0.05, 0) is 26.2 Å². The van der Waals surface area contributed by atoms with E-state index in [1.165, 1.54) is 38.5 Å². The van der Waals surface area contributed by atoms with E-state index in [0.29, 0.717) is 12.0 Å². The lowest BCUT2D eigenvalue weighted by Gasteiger charge is -2.12. The number of esters is 2. The van der Waals surface area contributed by atoms with Gasteiger partial charge >= 0.3 is 11.9 Å². The Morgan fingerprint density at radius 1 is 0.889 bits per heavy atom. The van der Waals surface area contributed by atoms with E-state index in [0.717, 1.165) is 25.2 Å². The van der Waals surface area contributed by atoms with Crippen LogP contribution in [0.3, 0.4) is 0 Å². The van der Waals surface area contributed by atoms with Crippen molar-refractivity contribution in [1.29, 1.82) is 0 Å². The second-order valence-electron chi connectivity index (χ2n) is 7.67. The molecule has 0 amide bonds. The third kappa shape index (κ3) is 16.5. The highest BCUT2D eigenvalue weighted by Gasteiger charge is 2.12. The molecule has 0 saturated carbocycles. The van der Waals surface area contributed by atoms with E-state index in [9.17, 15) is 14.7 Å². The molecule has 0 aromatic heterocycles. The number of aliphatic hydroxyl groups excluding tert-OH is 1. The summed E-state index contributed by atoms with van der Waals surface area (Å²) >= 11 is 0. The lowest BCUT2D eigenvalue weighted by atomic mass is 10.0. The molecule has 0 aliphatic rings. The molecule has 1 N–H and O–H groups in total. The van der Waals surface area contributed by atoms with Crippen LogP contribution in [0.2, 0.25) is 0 Å². The van der Waals surface area contributed by atoms with Gasteiger partial charge in [0.25, 0.3) is 0 Å². The summed E-state index contributed by atoms with van der Waals surface area (Å²) in [5, 5.41) is 9.69. The molecule has 1 atom stereocenters. The number of aliphatic hydroxyl groups is 1. The van der Waals surface area contributed by atoms with Crippen molar-refractivity contribution >= 4 is 11.9 Å². The minimum atomic E-state index is -0.988. The molecule has 5 heteroatoms. The van der Waals surface area contributed by atoms with Gasteiger partial charge in [0.1, 0.15) is 19.3 Å². The highest BCUT2D eigenvalue weighted by atomic mass is 16.6. The average molecular weight is 385 g/mol. The standard InChI is InChI=1S/C22H40O5/c1-5-19(4)22(25)27-17-20(23)16-26-21(24)15-13-11-9-7-6-8-10-12-14-18(2)3/h5,18,20,23H,6-17H2,1-4H3/b19-5+. The van der Waals surface area contributed by atoms with Crippen molar-refractivity contribution in [2.45, 2.75) is 98.0 Å². The summed E-state index contributed by atoms with van der Waals surface area (Å²) in [5.74, 6) is 0.0322. The Labute approximate surface area is 165 Å². The van der Waals surface area contributed by atoms with Crippen LogP contribution < -0.4 is 0 Å². The minimum Gasteiger partial charge on any atom is -0.463 e. The number of allylic oxidation sites excluding steroid dienone is 1. The van der Waals surface area contributed by atoms with Crippen LogP contribution >= 0.6 is 0 Å². The molecule has 0 spiro atoms. The number of carbonyl (C=O) groups excluding carboxylic acids is 2.